The van der Waals surface area contributed by atoms with Crippen molar-refractivity contribution in [3.8, 4) is 17.1 Å². The summed E-state index contributed by atoms with van der Waals surface area (Å²) in [6.07, 6.45) is 3.31. The molecule has 8 nitrogen and oxygen atoms in total. The Hall–Kier alpha value is -2.78. The molecule has 3 heterocycles. The van der Waals surface area contributed by atoms with Crippen LogP contribution in [0.4, 0.5) is 0 Å². The molecule has 1 aliphatic rings. The van der Waals surface area contributed by atoms with Crippen LogP contribution in [0.15, 0.2) is 58.2 Å². The lowest BCUT2D eigenvalue weighted by atomic mass is 10.0. The Morgan fingerprint density at radius 1 is 1.19 bits per heavy atom. The predicted octanol–water partition coefficient (Wildman–Crippen LogP) is 1.93. The highest BCUT2D eigenvalue weighted by molar-refractivity contribution is 7.89. The molecule has 9 heteroatoms. The van der Waals surface area contributed by atoms with Gasteiger partial charge >= 0.3 is 0 Å². The lowest BCUT2D eigenvalue weighted by molar-refractivity contribution is 0.217. The molecule has 1 aliphatic heterocycles. The summed E-state index contributed by atoms with van der Waals surface area (Å²) >= 11 is 0. The van der Waals surface area contributed by atoms with Crippen LogP contribution in [0.1, 0.15) is 11.8 Å². The largest absolute Gasteiger partial charge is 0.497 e. The van der Waals surface area contributed by atoms with Gasteiger partial charge in [0.1, 0.15) is 5.75 Å². The van der Waals surface area contributed by atoms with Crippen molar-refractivity contribution >= 4 is 10.0 Å². The number of hydrogen-bond acceptors (Lipinski definition) is 7. The number of aromatic nitrogens is 3. The van der Waals surface area contributed by atoms with Crippen molar-refractivity contribution in [3.63, 3.8) is 0 Å². The summed E-state index contributed by atoms with van der Waals surface area (Å²) in [6, 6.07) is 9.95. The number of pyridine rings is 1. The number of hydrogen-bond donors (Lipinski definition) is 0. The van der Waals surface area contributed by atoms with Gasteiger partial charge in [0.25, 0.3) is 0 Å². The Morgan fingerprint density at radius 3 is 2.62 bits per heavy atom. The summed E-state index contributed by atoms with van der Waals surface area (Å²) in [4.78, 5) is 8.61. The molecule has 1 fully saturated rings. The van der Waals surface area contributed by atoms with Crippen molar-refractivity contribution in [1.82, 2.24) is 19.4 Å². The van der Waals surface area contributed by atoms with Gasteiger partial charge < -0.3 is 9.26 Å². The second kappa shape index (κ2) is 6.50. The van der Waals surface area contributed by atoms with Gasteiger partial charge in [-0.1, -0.05) is 5.16 Å². The molecule has 0 bridgehead atoms. The molecule has 2 aromatic heterocycles. The average molecular weight is 372 g/mol. The van der Waals surface area contributed by atoms with Crippen LogP contribution in [0.25, 0.3) is 11.4 Å². The first kappa shape index (κ1) is 16.7. The van der Waals surface area contributed by atoms with Gasteiger partial charge in [-0.15, -0.1) is 0 Å². The van der Waals surface area contributed by atoms with Gasteiger partial charge in [0.15, 0.2) is 0 Å². The fourth-order valence-electron chi connectivity index (χ4n) is 2.70. The normalized spacial score (nSPS) is 15.6. The third-order valence-electron chi connectivity index (χ3n) is 4.26. The Morgan fingerprint density at radius 2 is 1.96 bits per heavy atom. The molecule has 0 amide bonds. The van der Waals surface area contributed by atoms with E-state index in [1.807, 2.05) is 6.07 Å². The van der Waals surface area contributed by atoms with E-state index in [9.17, 15) is 8.42 Å². The van der Waals surface area contributed by atoms with E-state index in [1.54, 1.807) is 30.6 Å². The smallest absolute Gasteiger partial charge is 0.243 e. The number of benzene rings is 1. The van der Waals surface area contributed by atoms with Gasteiger partial charge in [-0.3, -0.25) is 4.98 Å². The van der Waals surface area contributed by atoms with E-state index in [0.717, 1.165) is 5.56 Å². The van der Waals surface area contributed by atoms with Crippen LogP contribution in [0, 0.1) is 0 Å². The molecular formula is C17H16N4O4S. The topological polar surface area (TPSA) is 98.4 Å². The van der Waals surface area contributed by atoms with E-state index in [4.69, 9.17) is 9.26 Å². The van der Waals surface area contributed by atoms with Crippen LogP contribution < -0.4 is 4.74 Å². The molecule has 0 aliphatic carbocycles. The van der Waals surface area contributed by atoms with Crippen molar-refractivity contribution in [2.75, 3.05) is 20.2 Å². The minimum Gasteiger partial charge on any atom is -0.497 e. The number of nitrogens with zero attached hydrogens (tertiary/aromatic N) is 4. The SMILES string of the molecule is COc1ccc(S(=O)(=O)N2CC(c3nc(-c4cccnc4)no3)C2)cc1. The highest BCUT2D eigenvalue weighted by Gasteiger charge is 2.40. The van der Waals surface area contributed by atoms with E-state index in [0.29, 0.717) is 30.6 Å². The first-order valence-corrected chi connectivity index (χ1v) is 9.40. The minimum atomic E-state index is -3.54. The summed E-state index contributed by atoms with van der Waals surface area (Å²) in [6.45, 7) is 0.617. The number of ether oxygens (including phenoxy) is 1. The van der Waals surface area contributed by atoms with Gasteiger partial charge in [-0.05, 0) is 36.4 Å². The summed E-state index contributed by atoms with van der Waals surface area (Å²) in [7, 11) is -2.00. The number of rotatable bonds is 5. The fourth-order valence-corrected chi connectivity index (χ4v) is 4.23. The molecular weight excluding hydrogens is 356 g/mol. The van der Waals surface area contributed by atoms with Crippen molar-refractivity contribution in [3.05, 3.63) is 54.7 Å². The second-order valence-electron chi connectivity index (χ2n) is 5.89. The first-order chi connectivity index (χ1) is 12.6. The third-order valence-corrected chi connectivity index (χ3v) is 6.10. The van der Waals surface area contributed by atoms with Crippen LogP contribution >= 0.6 is 0 Å². The fraction of sp³-hybridized carbons (Fsp3) is 0.235. The van der Waals surface area contributed by atoms with Gasteiger partial charge in [0.2, 0.25) is 21.7 Å². The van der Waals surface area contributed by atoms with E-state index >= 15 is 0 Å². The third kappa shape index (κ3) is 2.95. The standard InChI is InChI=1S/C17H16N4O4S/c1-24-14-4-6-15(7-5-14)26(22,23)21-10-13(11-21)17-19-16(20-25-17)12-3-2-8-18-9-12/h2-9,13H,10-11H2,1H3. The monoisotopic (exact) mass is 372 g/mol. The van der Waals surface area contributed by atoms with Crippen molar-refractivity contribution in [2.24, 2.45) is 0 Å². The lowest BCUT2D eigenvalue weighted by Crippen LogP contribution is -2.48. The van der Waals surface area contributed by atoms with Gasteiger partial charge in [0, 0.05) is 31.0 Å². The molecule has 0 N–H and O–H groups in total. The highest BCUT2D eigenvalue weighted by Crippen LogP contribution is 2.32. The first-order valence-electron chi connectivity index (χ1n) is 7.96. The Bertz CT molecular complexity index is 997. The minimum absolute atomic E-state index is 0.110. The zero-order chi connectivity index (χ0) is 18.1. The van der Waals surface area contributed by atoms with Crippen LogP contribution in [0.2, 0.25) is 0 Å². The molecule has 26 heavy (non-hydrogen) atoms. The molecule has 0 atom stereocenters. The van der Waals surface area contributed by atoms with Crippen LogP contribution in [-0.2, 0) is 10.0 Å². The van der Waals surface area contributed by atoms with E-state index < -0.39 is 10.0 Å². The maximum Gasteiger partial charge on any atom is 0.243 e. The Kier molecular flexibility index (Phi) is 4.17. The zero-order valence-corrected chi connectivity index (χ0v) is 14.8. The molecule has 0 saturated carbocycles. The van der Waals surface area contributed by atoms with Crippen molar-refractivity contribution in [2.45, 2.75) is 10.8 Å². The van der Waals surface area contributed by atoms with Gasteiger partial charge in [-0.25, -0.2) is 8.42 Å². The molecule has 0 unspecified atom stereocenters. The highest BCUT2D eigenvalue weighted by atomic mass is 32.2. The average Bonchev–Trinajstić information content (AvgIpc) is 3.10. The summed E-state index contributed by atoms with van der Waals surface area (Å²) in [5.74, 6) is 1.38. The number of sulfonamides is 1. The van der Waals surface area contributed by atoms with E-state index in [2.05, 4.69) is 15.1 Å². The summed E-state index contributed by atoms with van der Waals surface area (Å²) in [5.41, 5.74) is 0.754. The molecule has 1 aromatic carbocycles. The quantitative estimate of drug-likeness (QED) is 0.675. The van der Waals surface area contributed by atoms with Gasteiger partial charge in [0.05, 0.1) is 17.9 Å². The second-order valence-corrected chi connectivity index (χ2v) is 7.83. The van der Waals surface area contributed by atoms with E-state index in [-0.39, 0.29) is 10.8 Å². The molecule has 1 saturated heterocycles. The van der Waals surface area contributed by atoms with Crippen LogP contribution in [-0.4, -0.2) is 48.0 Å². The molecule has 3 aromatic rings. The van der Waals surface area contributed by atoms with Crippen LogP contribution in [0.5, 0.6) is 5.75 Å². The van der Waals surface area contributed by atoms with Crippen molar-refractivity contribution in [1.29, 1.82) is 0 Å². The van der Waals surface area contributed by atoms with E-state index in [1.165, 1.54) is 23.5 Å². The Balaban J connectivity index is 1.46. The van der Waals surface area contributed by atoms with Gasteiger partial charge in [-0.2, -0.15) is 9.29 Å². The maximum atomic E-state index is 12.6. The lowest BCUT2D eigenvalue weighted by Gasteiger charge is -2.35. The molecule has 4 rings (SSSR count). The summed E-state index contributed by atoms with van der Waals surface area (Å²) in [5, 5.41) is 3.95. The molecule has 0 spiro atoms. The summed E-state index contributed by atoms with van der Waals surface area (Å²) < 4.78 is 37.0. The van der Waals surface area contributed by atoms with Crippen molar-refractivity contribution < 1.29 is 17.7 Å². The van der Waals surface area contributed by atoms with Crippen LogP contribution in [0.3, 0.4) is 0 Å². The Labute approximate surface area is 150 Å². The number of methoxy groups -OCH3 is 1. The molecule has 134 valence electrons. The predicted molar refractivity (Wildman–Crippen MR) is 92.0 cm³/mol. The maximum absolute atomic E-state index is 12.6. The zero-order valence-electron chi connectivity index (χ0n) is 13.9. The molecule has 0 radical (unpaired) electrons.